The summed E-state index contributed by atoms with van der Waals surface area (Å²) < 4.78 is 18.1. The summed E-state index contributed by atoms with van der Waals surface area (Å²) in [5, 5.41) is 8.81. The van der Waals surface area contributed by atoms with Crippen LogP contribution in [0.25, 0.3) is 11.1 Å². The van der Waals surface area contributed by atoms with Gasteiger partial charge in [-0.05, 0) is 74.0 Å². The van der Waals surface area contributed by atoms with Crippen molar-refractivity contribution in [2.24, 2.45) is 0 Å². The minimum atomic E-state index is -0.771. The van der Waals surface area contributed by atoms with Crippen molar-refractivity contribution >= 4 is 5.97 Å². The third-order valence-corrected chi connectivity index (χ3v) is 7.27. The van der Waals surface area contributed by atoms with Gasteiger partial charge in [0.05, 0.1) is 32.5 Å². The lowest BCUT2D eigenvalue weighted by Crippen LogP contribution is -2.47. The molecule has 2 aliphatic rings. The van der Waals surface area contributed by atoms with Crippen LogP contribution in [0.3, 0.4) is 0 Å². The second kappa shape index (κ2) is 13.6. The lowest BCUT2D eigenvalue weighted by Gasteiger charge is -2.36. The van der Waals surface area contributed by atoms with Gasteiger partial charge in [0.1, 0.15) is 5.75 Å². The fourth-order valence-electron chi connectivity index (χ4n) is 5.29. The summed E-state index contributed by atoms with van der Waals surface area (Å²) in [7, 11) is 1.68. The Hall–Kier alpha value is -2.67. The van der Waals surface area contributed by atoms with Gasteiger partial charge in [-0.15, -0.1) is 0 Å². The highest BCUT2D eigenvalue weighted by molar-refractivity contribution is 5.66. The first kappa shape index (κ1) is 26.4. The molecule has 0 spiro atoms. The van der Waals surface area contributed by atoms with E-state index < -0.39 is 5.97 Å². The maximum Gasteiger partial charge on any atom is 0.303 e. The van der Waals surface area contributed by atoms with Crippen molar-refractivity contribution in [3.05, 3.63) is 66.2 Å². The van der Waals surface area contributed by atoms with E-state index in [-0.39, 0.29) is 18.6 Å². The van der Waals surface area contributed by atoms with Crippen LogP contribution >= 0.6 is 0 Å². The Kier molecular flexibility index (Phi) is 9.96. The second-order valence-electron chi connectivity index (χ2n) is 9.72. The Labute approximate surface area is 214 Å². The molecule has 6 heteroatoms. The number of carboxylic acid groups (broad SMARTS) is 1. The third-order valence-electron chi connectivity index (χ3n) is 7.27. The molecule has 2 fully saturated rings. The van der Waals surface area contributed by atoms with Crippen molar-refractivity contribution in [1.29, 1.82) is 0 Å². The highest BCUT2D eigenvalue weighted by atomic mass is 16.5. The van der Waals surface area contributed by atoms with E-state index in [0.717, 1.165) is 42.8 Å². The van der Waals surface area contributed by atoms with E-state index in [0.29, 0.717) is 25.7 Å². The van der Waals surface area contributed by atoms with Gasteiger partial charge in [-0.3, -0.25) is 9.69 Å². The number of carboxylic acids is 1. The van der Waals surface area contributed by atoms with Crippen LogP contribution in [-0.2, 0) is 20.9 Å². The van der Waals surface area contributed by atoms with Gasteiger partial charge < -0.3 is 19.3 Å². The van der Waals surface area contributed by atoms with Crippen molar-refractivity contribution in [3.8, 4) is 16.9 Å². The zero-order valence-electron chi connectivity index (χ0n) is 21.3. The van der Waals surface area contributed by atoms with E-state index in [9.17, 15) is 4.79 Å². The van der Waals surface area contributed by atoms with Gasteiger partial charge >= 0.3 is 5.97 Å². The van der Waals surface area contributed by atoms with Crippen molar-refractivity contribution in [1.82, 2.24) is 4.90 Å². The molecule has 6 nitrogen and oxygen atoms in total. The molecule has 2 aromatic rings. The van der Waals surface area contributed by atoms with Crippen LogP contribution < -0.4 is 4.74 Å². The molecule has 1 heterocycles. The predicted octanol–water partition coefficient (Wildman–Crippen LogP) is 5.70. The van der Waals surface area contributed by atoms with E-state index in [2.05, 4.69) is 41.3 Å². The number of hydrogen-bond donors (Lipinski definition) is 1. The first-order valence-corrected chi connectivity index (χ1v) is 13.2. The molecule has 1 aliphatic carbocycles. The van der Waals surface area contributed by atoms with Gasteiger partial charge in [-0.25, -0.2) is 0 Å². The zero-order valence-corrected chi connectivity index (χ0v) is 21.3. The summed E-state index contributed by atoms with van der Waals surface area (Å²) in [6.07, 6.45) is 10.5. The lowest BCUT2D eigenvalue weighted by atomic mass is 10.0. The van der Waals surface area contributed by atoms with Crippen molar-refractivity contribution in [2.75, 3.05) is 26.8 Å². The maximum absolute atomic E-state index is 10.7. The number of allylic oxidation sites excluding steroid dienone is 1. The fraction of sp³-hybridized carbons (Fsp3) is 0.500. The molecular weight excluding hydrogens is 454 g/mol. The van der Waals surface area contributed by atoms with E-state index in [1.54, 1.807) is 7.11 Å². The van der Waals surface area contributed by atoms with Crippen LogP contribution in [0, 0.1) is 0 Å². The van der Waals surface area contributed by atoms with E-state index in [1.807, 2.05) is 24.3 Å². The molecule has 4 rings (SSSR count). The van der Waals surface area contributed by atoms with Crippen LogP contribution in [0.2, 0.25) is 0 Å². The third kappa shape index (κ3) is 7.42. The number of methoxy groups -OCH3 is 1. The minimum Gasteiger partial charge on any atom is -0.497 e. The number of ether oxygens (including phenoxy) is 3. The van der Waals surface area contributed by atoms with Gasteiger partial charge in [0.2, 0.25) is 0 Å². The van der Waals surface area contributed by atoms with Gasteiger partial charge in [0, 0.05) is 12.5 Å². The molecule has 1 aliphatic heterocycles. The molecule has 3 atom stereocenters. The molecular formula is C30H39NO5. The van der Waals surface area contributed by atoms with Crippen LogP contribution in [0.15, 0.2) is 60.7 Å². The van der Waals surface area contributed by atoms with Crippen molar-refractivity contribution in [2.45, 2.75) is 69.8 Å². The highest BCUT2D eigenvalue weighted by Gasteiger charge is 2.41. The lowest BCUT2D eigenvalue weighted by molar-refractivity contribution is -0.136. The number of nitrogens with zero attached hydrogens (tertiary/aromatic N) is 1. The second-order valence-corrected chi connectivity index (χ2v) is 9.72. The van der Waals surface area contributed by atoms with Crippen molar-refractivity contribution < 1.29 is 24.1 Å². The SMILES string of the molecule is COc1ccc(-c2ccc(CO[C@@H]3CC[C@H](N4CCCCC4)[C@H]3OC/C=C\CCC(=O)O)cc2)cc1. The Balaban J connectivity index is 1.34. The molecule has 0 aromatic heterocycles. The van der Waals surface area contributed by atoms with Crippen LogP contribution in [0.5, 0.6) is 5.75 Å². The summed E-state index contributed by atoms with van der Waals surface area (Å²) in [5.74, 6) is 0.0859. The summed E-state index contributed by atoms with van der Waals surface area (Å²) >= 11 is 0. The molecule has 0 amide bonds. The van der Waals surface area contributed by atoms with Gasteiger partial charge in [0.25, 0.3) is 0 Å². The van der Waals surface area contributed by atoms with E-state index in [4.69, 9.17) is 19.3 Å². The predicted molar refractivity (Wildman–Crippen MR) is 141 cm³/mol. The molecule has 1 N–H and O–H groups in total. The normalized spacial score (nSPS) is 22.8. The van der Waals surface area contributed by atoms with Crippen LogP contribution in [-0.4, -0.2) is 61.0 Å². The van der Waals surface area contributed by atoms with Gasteiger partial charge in [0.15, 0.2) is 0 Å². The Bertz CT molecular complexity index is 966. The van der Waals surface area contributed by atoms with Crippen LogP contribution in [0.4, 0.5) is 0 Å². The number of piperidine rings is 1. The standard InChI is InChI=1S/C30H39NO5/c1-34-26-15-13-25(14-16-26)24-11-9-23(10-12-24)22-36-28-18-17-27(31-19-5-3-6-20-31)30(28)35-21-7-2-4-8-29(32)33/h2,7,9-16,27-28,30H,3-6,8,17-22H2,1H3,(H,32,33)/b7-2-/t27-,28+,30+/m0/s1. The number of likely N-dealkylation sites (tertiary alicyclic amines) is 1. The molecule has 2 aromatic carbocycles. The molecule has 36 heavy (non-hydrogen) atoms. The van der Waals surface area contributed by atoms with Gasteiger partial charge in [-0.1, -0.05) is 55.0 Å². The monoisotopic (exact) mass is 493 g/mol. The quantitative estimate of drug-likeness (QED) is 0.383. The summed E-state index contributed by atoms with van der Waals surface area (Å²) in [4.78, 5) is 13.3. The topological polar surface area (TPSA) is 68.2 Å². The largest absolute Gasteiger partial charge is 0.497 e. The van der Waals surface area contributed by atoms with E-state index >= 15 is 0 Å². The first-order chi connectivity index (χ1) is 17.6. The average molecular weight is 494 g/mol. The maximum atomic E-state index is 10.7. The van der Waals surface area contributed by atoms with Gasteiger partial charge in [-0.2, -0.15) is 0 Å². The number of benzene rings is 2. The van der Waals surface area contributed by atoms with Crippen molar-refractivity contribution in [3.63, 3.8) is 0 Å². The molecule has 0 radical (unpaired) electrons. The Morgan fingerprint density at radius 1 is 0.944 bits per heavy atom. The summed E-state index contributed by atoms with van der Waals surface area (Å²) in [6, 6.07) is 17.0. The van der Waals surface area contributed by atoms with Crippen LogP contribution in [0.1, 0.15) is 50.5 Å². The number of hydrogen-bond acceptors (Lipinski definition) is 5. The molecule has 0 bridgehead atoms. The van der Waals surface area contributed by atoms with E-state index in [1.165, 1.54) is 24.8 Å². The Morgan fingerprint density at radius 2 is 1.64 bits per heavy atom. The Morgan fingerprint density at radius 3 is 2.31 bits per heavy atom. The average Bonchev–Trinajstić information content (AvgIpc) is 3.32. The first-order valence-electron chi connectivity index (χ1n) is 13.2. The number of aliphatic carboxylic acids is 1. The number of carbonyl (C=O) groups is 1. The summed E-state index contributed by atoms with van der Waals surface area (Å²) in [6.45, 7) is 3.33. The summed E-state index contributed by atoms with van der Waals surface area (Å²) in [5.41, 5.74) is 3.48. The highest BCUT2D eigenvalue weighted by Crippen LogP contribution is 2.32. The molecule has 1 saturated heterocycles. The molecule has 0 unspecified atom stereocenters. The molecule has 194 valence electrons. The fourth-order valence-corrected chi connectivity index (χ4v) is 5.29. The minimum absolute atomic E-state index is 0.0331. The zero-order chi connectivity index (χ0) is 25.2. The number of rotatable bonds is 12. The smallest absolute Gasteiger partial charge is 0.303 e. The molecule has 1 saturated carbocycles.